The molecular weight excluding hydrogens is 312 g/mol. The average Bonchev–Trinajstić information content (AvgIpc) is 2.67. The normalized spacial score (nSPS) is 12.0. The Morgan fingerprint density at radius 2 is 1.60 bits per heavy atom. The van der Waals surface area contributed by atoms with E-state index >= 15 is 0 Å². The van der Waals surface area contributed by atoms with Crippen LogP contribution < -0.4 is 0 Å². The van der Waals surface area contributed by atoms with E-state index in [1.165, 1.54) is 5.56 Å². The maximum atomic E-state index is 9.33. The highest BCUT2D eigenvalue weighted by molar-refractivity contribution is 5.55. The van der Waals surface area contributed by atoms with Crippen LogP contribution in [-0.4, -0.2) is 21.2 Å². The van der Waals surface area contributed by atoms with Gasteiger partial charge in [0.2, 0.25) is 0 Å². The fourth-order valence-corrected chi connectivity index (χ4v) is 2.51. The first-order valence-electron chi connectivity index (χ1n) is 8.46. The van der Waals surface area contributed by atoms with E-state index in [0.29, 0.717) is 12.4 Å². The quantitative estimate of drug-likeness (QED) is 0.696. The van der Waals surface area contributed by atoms with Gasteiger partial charge in [-0.3, -0.25) is 0 Å². The number of rotatable bonds is 7. The lowest BCUT2D eigenvalue weighted by Crippen LogP contribution is -2.09. The highest BCUT2D eigenvalue weighted by Crippen LogP contribution is 2.18. The van der Waals surface area contributed by atoms with E-state index in [4.69, 9.17) is 4.74 Å². The summed E-state index contributed by atoms with van der Waals surface area (Å²) in [6.45, 7) is 2.73. The minimum absolute atomic E-state index is 0.178. The van der Waals surface area contributed by atoms with Crippen molar-refractivity contribution < 1.29 is 9.84 Å². The molecule has 0 saturated carbocycles. The van der Waals surface area contributed by atoms with E-state index < -0.39 is 0 Å². The summed E-state index contributed by atoms with van der Waals surface area (Å²) in [5.41, 5.74) is 3.18. The molecule has 0 saturated heterocycles. The van der Waals surface area contributed by atoms with Crippen LogP contribution in [-0.2, 0) is 17.8 Å². The number of benzene rings is 2. The van der Waals surface area contributed by atoms with E-state index in [9.17, 15) is 5.11 Å². The van der Waals surface area contributed by atoms with Crippen molar-refractivity contribution in [3.63, 3.8) is 0 Å². The fraction of sp³-hybridized carbons (Fsp3) is 0.238. The Labute approximate surface area is 148 Å². The molecule has 4 heteroatoms. The van der Waals surface area contributed by atoms with Crippen LogP contribution in [0.2, 0.25) is 0 Å². The van der Waals surface area contributed by atoms with Crippen LogP contribution in [0, 0.1) is 0 Å². The Kier molecular flexibility index (Phi) is 5.75. The molecule has 1 aromatic heterocycles. The molecule has 0 aliphatic carbocycles. The number of aryl methyl sites for hydroxylation is 1. The van der Waals surface area contributed by atoms with E-state index in [1.807, 2.05) is 42.7 Å². The van der Waals surface area contributed by atoms with Gasteiger partial charge in [-0.1, -0.05) is 30.3 Å². The summed E-state index contributed by atoms with van der Waals surface area (Å²) in [6.07, 6.45) is 5.70. The summed E-state index contributed by atoms with van der Waals surface area (Å²) < 4.78 is 5.89. The van der Waals surface area contributed by atoms with Crippen LogP contribution in [0.1, 0.15) is 24.5 Å². The molecule has 25 heavy (non-hydrogen) atoms. The lowest BCUT2D eigenvalue weighted by Gasteiger charge is -2.13. The standard InChI is InChI=1S/C21H22N2O2/c1-16(25-15-17-5-3-2-4-6-17)7-8-18-13-22-21(23-14-18)19-9-11-20(24)12-10-19/h2-6,9-14,16,24H,7-8,15H2,1H3. The van der Waals surface area contributed by atoms with Gasteiger partial charge in [-0.15, -0.1) is 0 Å². The maximum Gasteiger partial charge on any atom is 0.159 e. The highest BCUT2D eigenvalue weighted by Gasteiger charge is 2.06. The molecule has 0 aliphatic heterocycles. The van der Waals surface area contributed by atoms with Crippen LogP contribution in [0.4, 0.5) is 0 Å². The zero-order valence-corrected chi connectivity index (χ0v) is 14.3. The van der Waals surface area contributed by atoms with E-state index in [-0.39, 0.29) is 11.9 Å². The molecular formula is C21H22N2O2. The third-order valence-electron chi connectivity index (χ3n) is 4.05. The number of hydrogen-bond acceptors (Lipinski definition) is 4. The summed E-state index contributed by atoms with van der Waals surface area (Å²) in [5.74, 6) is 0.905. The van der Waals surface area contributed by atoms with Crippen LogP contribution >= 0.6 is 0 Å². The van der Waals surface area contributed by atoms with Gasteiger partial charge in [-0.2, -0.15) is 0 Å². The lowest BCUT2D eigenvalue weighted by molar-refractivity contribution is 0.0478. The minimum Gasteiger partial charge on any atom is -0.508 e. The van der Waals surface area contributed by atoms with Gasteiger partial charge in [-0.25, -0.2) is 9.97 Å². The number of aromatic hydroxyl groups is 1. The van der Waals surface area contributed by atoms with Crippen molar-refractivity contribution in [1.29, 1.82) is 0 Å². The van der Waals surface area contributed by atoms with Gasteiger partial charge >= 0.3 is 0 Å². The predicted octanol–water partition coefficient (Wildman–Crippen LogP) is 4.39. The van der Waals surface area contributed by atoms with Gasteiger partial charge in [0, 0.05) is 18.0 Å². The molecule has 1 unspecified atom stereocenters. The summed E-state index contributed by atoms with van der Waals surface area (Å²) in [5, 5.41) is 9.33. The van der Waals surface area contributed by atoms with Crippen molar-refractivity contribution in [3.05, 3.63) is 78.1 Å². The van der Waals surface area contributed by atoms with E-state index in [1.54, 1.807) is 12.1 Å². The molecule has 0 bridgehead atoms. The molecule has 3 rings (SSSR count). The Bertz CT molecular complexity index is 771. The molecule has 1 atom stereocenters. The summed E-state index contributed by atoms with van der Waals surface area (Å²) >= 11 is 0. The van der Waals surface area contributed by atoms with Crippen molar-refractivity contribution in [2.75, 3.05) is 0 Å². The van der Waals surface area contributed by atoms with Crippen LogP contribution in [0.25, 0.3) is 11.4 Å². The Balaban J connectivity index is 1.49. The second-order valence-electron chi connectivity index (χ2n) is 6.11. The molecule has 0 radical (unpaired) electrons. The molecule has 1 N–H and O–H groups in total. The first kappa shape index (κ1) is 17.1. The second kappa shape index (κ2) is 8.40. The molecule has 3 aromatic rings. The Morgan fingerprint density at radius 3 is 2.28 bits per heavy atom. The number of hydrogen-bond donors (Lipinski definition) is 1. The molecule has 1 heterocycles. The van der Waals surface area contributed by atoms with Crippen LogP contribution in [0.5, 0.6) is 5.75 Å². The summed E-state index contributed by atoms with van der Waals surface area (Å²) in [4.78, 5) is 8.83. The molecule has 0 aliphatic rings. The molecule has 0 amide bonds. The average molecular weight is 334 g/mol. The van der Waals surface area contributed by atoms with Crippen molar-refractivity contribution >= 4 is 0 Å². The Morgan fingerprint density at radius 1 is 0.920 bits per heavy atom. The molecule has 0 fully saturated rings. The summed E-state index contributed by atoms with van der Waals surface area (Å²) in [6, 6.07) is 17.1. The number of phenols is 1. The van der Waals surface area contributed by atoms with Gasteiger partial charge in [0.15, 0.2) is 5.82 Å². The fourth-order valence-electron chi connectivity index (χ4n) is 2.51. The minimum atomic E-state index is 0.178. The molecule has 2 aromatic carbocycles. The van der Waals surface area contributed by atoms with Crippen LogP contribution in [0.3, 0.4) is 0 Å². The summed E-state index contributed by atoms with van der Waals surface area (Å²) in [7, 11) is 0. The van der Waals surface area contributed by atoms with Crippen molar-refractivity contribution in [2.45, 2.75) is 32.5 Å². The first-order chi connectivity index (χ1) is 12.2. The number of nitrogens with zero attached hydrogens (tertiary/aromatic N) is 2. The van der Waals surface area contributed by atoms with E-state index in [0.717, 1.165) is 24.0 Å². The molecule has 128 valence electrons. The van der Waals surface area contributed by atoms with Gasteiger partial charge in [0.1, 0.15) is 5.75 Å². The van der Waals surface area contributed by atoms with E-state index in [2.05, 4.69) is 29.0 Å². The smallest absolute Gasteiger partial charge is 0.159 e. The SMILES string of the molecule is CC(CCc1cnc(-c2ccc(O)cc2)nc1)OCc1ccccc1. The zero-order chi connectivity index (χ0) is 17.5. The van der Waals surface area contributed by atoms with Gasteiger partial charge < -0.3 is 9.84 Å². The zero-order valence-electron chi connectivity index (χ0n) is 14.3. The van der Waals surface area contributed by atoms with Gasteiger partial charge in [0.05, 0.1) is 12.7 Å². The predicted molar refractivity (Wildman–Crippen MR) is 98.1 cm³/mol. The van der Waals surface area contributed by atoms with Crippen molar-refractivity contribution in [2.24, 2.45) is 0 Å². The van der Waals surface area contributed by atoms with Crippen LogP contribution in [0.15, 0.2) is 67.0 Å². The largest absolute Gasteiger partial charge is 0.508 e. The monoisotopic (exact) mass is 334 g/mol. The highest BCUT2D eigenvalue weighted by atomic mass is 16.5. The van der Waals surface area contributed by atoms with Crippen molar-refractivity contribution in [1.82, 2.24) is 9.97 Å². The van der Waals surface area contributed by atoms with Crippen molar-refractivity contribution in [3.8, 4) is 17.1 Å². The topological polar surface area (TPSA) is 55.2 Å². The third-order valence-corrected chi connectivity index (χ3v) is 4.05. The third kappa shape index (κ3) is 5.13. The maximum absolute atomic E-state index is 9.33. The Hall–Kier alpha value is -2.72. The number of ether oxygens (including phenoxy) is 1. The first-order valence-corrected chi connectivity index (χ1v) is 8.46. The number of aromatic nitrogens is 2. The second-order valence-corrected chi connectivity index (χ2v) is 6.11. The van der Waals surface area contributed by atoms with Gasteiger partial charge in [-0.05, 0) is 55.2 Å². The lowest BCUT2D eigenvalue weighted by atomic mass is 10.1. The molecule has 4 nitrogen and oxygen atoms in total. The molecule has 0 spiro atoms. The number of phenolic OH excluding ortho intramolecular Hbond substituents is 1. The van der Waals surface area contributed by atoms with Gasteiger partial charge in [0.25, 0.3) is 0 Å².